The van der Waals surface area contributed by atoms with Gasteiger partial charge in [0, 0.05) is 38.6 Å². The molecule has 0 fully saturated rings. The number of ether oxygens (including phenoxy) is 1. The zero-order valence-electron chi connectivity index (χ0n) is 15.2. The molecule has 1 unspecified atom stereocenters. The van der Waals surface area contributed by atoms with Crippen LogP contribution in [0.3, 0.4) is 0 Å². The van der Waals surface area contributed by atoms with Crippen LogP contribution in [0.4, 0.5) is 0 Å². The number of rotatable bonds is 5. The van der Waals surface area contributed by atoms with Crippen LogP contribution in [0.1, 0.15) is 11.1 Å². The Balaban J connectivity index is 1.26. The Bertz CT molecular complexity index is 879. The molecular formula is C20H22N6O. The van der Waals surface area contributed by atoms with Crippen molar-refractivity contribution >= 4 is 5.96 Å². The molecule has 1 atom stereocenters. The lowest BCUT2D eigenvalue weighted by Gasteiger charge is -2.15. The van der Waals surface area contributed by atoms with Crippen LogP contribution in [-0.4, -0.2) is 40.2 Å². The van der Waals surface area contributed by atoms with E-state index in [9.17, 15) is 0 Å². The van der Waals surface area contributed by atoms with E-state index in [0.29, 0.717) is 13.1 Å². The van der Waals surface area contributed by atoms with Gasteiger partial charge in [0.25, 0.3) is 0 Å². The van der Waals surface area contributed by atoms with Crippen molar-refractivity contribution in [3.05, 3.63) is 72.4 Å². The molecule has 0 bridgehead atoms. The molecule has 7 nitrogen and oxygen atoms in total. The van der Waals surface area contributed by atoms with Gasteiger partial charge in [0.2, 0.25) is 0 Å². The summed E-state index contributed by atoms with van der Waals surface area (Å²) in [5, 5.41) is 6.64. The number of guanidine groups is 1. The molecule has 4 rings (SSSR count). The quantitative estimate of drug-likeness (QED) is 0.536. The number of para-hydroxylation sites is 1. The summed E-state index contributed by atoms with van der Waals surface area (Å²) in [4.78, 5) is 12.8. The van der Waals surface area contributed by atoms with Crippen LogP contribution in [0.15, 0.2) is 66.3 Å². The summed E-state index contributed by atoms with van der Waals surface area (Å²) in [5.74, 6) is 2.57. The lowest BCUT2D eigenvalue weighted by molar-refractivity contribution is 0.235. The topological polar surface area (TPSA) is 76.4 Å². The number of hydrogen-bond donors (Lipinski definition) is 2. The van der Waals surface area contributed by atoms with Gasteiger partial charge in [0.15, 0.2) is 5.96 Å². The minimum absolute atomic E-state index is 0.122. The number of aromatic nitrogens is 3. The molecule has 2 aromatic heterocycles. The maximum atomic E-state index is 5.95. The lowest BCUT2D eigenvalue weighted by Crippen LogP contribution is -2.41. The van der Waals surface area contributed by atoms with E-state index in [1.165, 1.54) is 5.56 Å². The van der Waals surface area contributed by atoms with Gasteiger partial charge < -0.3 is 15.4 Å². The van der Waals surface area contributed by atoms with Gasteiger partial charge in [-0.2, -0.15) is 0 Å². The summed E-state index contributed by atoms with van der Waals surface area (Å²) in [6.45, 7) is 1.34. The van der Waals surface area contributed by atoms with E-state index in [1.807, 2.05) is 47.3 Å². The van der Waals surface area contributed by atoms with Crippen LogP contribution in [0.5, 0.6) is 5.75 Å². The van der Waals surface area contributed by atoms with Gasteiger partial charge in [0.1, 0.15) is 24.0 Å². The second kappa shape index (κ2) is 7.90. The van der Waals surface area contributed by atoms with Gasteiger partial charge in [-0.25, -0.2) is 9.97 Å². The lowest BCUT2D eigenvalue weighted by atomic mass is 10.1. The predicted octanol–water partition coefficient (Wildman–Crippen LogP) is 1.94. The number of hydrogen-bond acceptors (Lipinski definition) is 4. The SMILES string of the molecule is CN=C(NCc1ccc(-n2ccnc2)nc1)NCC1Cc2ccccc2O1. The summed E-state index contributed by atoms with van der Waals surface area (Å²) in [7, 11) is 1.76. The van der Waals surface area contributed by atoms with Gasteiger partial charge in [-0.3, -0.25) is 9.56 Å². The standard InChI is InChI=1S/C20H22N6O/c1-21-20(25-13-17-10-16-4-2-3-5-18(16)27-17)24-12-15-6-7-19(23-11-15)26-9-8-22-14-26/h2-9,11,14,17H,10,12-13H2,1H3,(H2,21,24,25). The van der Waals surface area contributed by atoms with Crippen molar-refractivity contribution in [2.24, 2.45) is 4.99 Å². The normalized spacial score (nSPS) is 15.9. The fourth-order valence-electron chi connectivity index (χ4n) is 3.05. The van der Waals surface area contributed by atoms with E-state index in [0.717, 1.165) is 29.5 Å². The van der Waals surface area contributed by atoms with E-state index in [2.05, 4.69) is 31.7 Å². The van der Waals surface area contributed by atoms with Crippen molar-refractivity contribution < 1.29 is 4.74 Å². The summed E-state index contributed by atoms with van der Waals surface area (Å²) >= 11 is 0. The van der Waals surface area contributed by atoms with Gasteiger partial charge in [-0.05, 0) is 23.3 Å². The molecule has 7 heteroatoms. The highest BCUT2D eigenvalue weighted by Gasteiger charge is 2.22. The number of fused-ring (bicyclic) bond motifs is 1. The zero-order valence-corrected chi connectivity index (χ0v) is 15.2. The van der Waals surface area contributed by atoms with Crippen LogP contribution in [0.25, 0.3) is 5.82 Å². The second-order valence-corrected chi connectivity index (χ2v) is 6.35. The van der Waals surface area contributed by atoms with Gasteiger partial charge in [-0.1, -0.05) is 24.3 Å². The number of nitrogens with one attached hydrogen (secondary N) is 2. The fourth-order valence-corrected chi connectivity index (χ4v) is 3.05. The second-order valence-electron chi connectivity index (χ2n) is 6.35. The monoisotopic (exact) mass is 362 g/mol. The number of imidazole rings is 1. The van der Waals surface area contributed by atoms with Crippen molar-refractivity contribution in [3.8, 4) is 11.6 Å². The van der Waals surface area contributed by atoms with Crippen molar-refractivity contribution in [2.75, 3.05) is 13.6 Å². The maximum Gasteiger partial charge on any atom is 0.191 e. The van der Waals surface area contributed by atoms with E-state index in [1.54, 1.807) is 19.6 Å². The van der Waals surface area contributed by atoms with Crippen molar-refractivity contribution in [3.63, 3.8) is 0 Å². The van der Waals surface area contributed by atoms with Gasteiger partial charge in [-0.15, -0.1) is 0 Å². The minimum Gasteiger partial charge on any atom is -0.488 e. The third kappa shape index (κ3) is 4.08. The molecule has 1 aromatic carbocycles. The summed E-state index contributed by atoms with van der Waals surface area (Å²) in [6.07, 6.45) is 8.23. The molecule has 0 saturated heterocycles. The summed E-state index contributed by atoms with van der Waals surface area (Å²) in [6, 6.07) is 12.2. The Morgan fingerprint density at radius 2 is 2.19 bits per heavy atom. The summed E-state index contributed by atoms with van der Waals surface area (Å²) in [5.41, 5.74) is 2.34. The Morgan fingerprint density at radius 3 is 2.93 bits per heavy atom. The minimum atomic E-state index is 0.122. The van der Waals surface area contributed by atoms with Crippen molar-refractivity contribution in [2.45, 2.75) is 19.1 Å². The van der Waals surface area contributed by atoms with Crippen LogP contribution < -0.4 is 15.4 Å². The summed E-state index contributed by atoms with van der Waals surface area (Å²) < 4.78 is 7.82. The van der Waals surface area contributed by atoms with Gasteiger partial charge >= 0.3 is 0 Å². The predicted molar refractivity (Wildman–Crippen MR) is 104 cm³/mol. The molecule has 0 spiro atoms. The van der Waals surface area contributed by atoms with E-state index < -0.39 is 0 Å². The number of pyridine rings is 1. The Morgan fingerprint density at radius 1 is 1.26 bits per heavy atom. The maximum absolute atomic E-state index is 5.95. The molecule has 3 heterocycles. The van der Waals surface area contributed by atoms with Crippen LogP contribution in [-0.2, 0) is 13.0 Å². The molecule has 0 aliphatic carbocycles. The van der Waals surface area contributed by atoms with Crippen LogP contribution in [0.2, 0.25) is 0 Å². The largest absolute Gasteiger partial charge is 0.488 e. The molecule has 0 radical (unpaired) electrons. The highest BCUT2D eigenvalue weighted by molar-refractivity contribution is 5.79. The molecule has 27 heavy (non-hydrogen) atoms. The fraction of sp³-hybridized carbons (Fsp3) is 0.250. The first-order chi connectivity index (χ1) is 13.3. The number of benzene rings is 1. The van der Waals surface area contributed by atoms with Crippen LogP contribution in [0, 0.1) is 0 Å². The molecule has 2 N–H and O–H groups in total. The van der Waals surface area contributed by atoms with E-state index >= 15 is 0 Å². The average molecular weight is 362 g/mol. The van der Waals surface area contributed by atoms with Gasteiger partial charge in [0.05, 0.1) is 6.54 Å². The Kier molecular flexibility index (Phi) is 5.00. The first-order valence-electron chi connectivity index (χ1n) is 8.94. The molecule has 1 aliphatic heterocycles. The van der Waals surface area contributed by atoms with Crippen LogP contribution >= 0.6 is 0 Å². The third-order valence-corrected chi connectivity index (χ3v) is 4.47. The number of nitrogens with zero attached hydrogens (tertiary/aromatic N) is 4. The first kappa shape index (κ1) is 17.1. The highest BCUT2D eigenvalue weighted by atomic mass is 16.5. The molecule has 1 aliphatic rings. The molecule has 138 valence electrons. The first-order valence-corrected chi connectivity index (χ1v) is 8.94. The molecule has 0 amide bonds. The highest BCUT2D eigenvalue weighted by Crippen LogP contribution is 2.27. The zero-order chi connectivity index (χ0) is 18.5. The average Bonchev–Trinajstić information content (AvgIpc) is 3.38. The van der Waals surface area contributed by atoms with Crippen molar-refractivity contribution in [1.82, 2.24) is 25.2 Å². The Hall–Kier alpha value is -3.35. The molecule has 3 aromatic rings. The van der Waals surface area contributed by atoms with E-state index in [-0.39, 0.29) is 6.10 Å². The number of aliphatic imine (C=N–C) groups is 1. The molecule has 0 saturated carbocycles. The van der Waals surface area contributed by atoms with E-state index in [4.69, 9.17) is 4.74 Å². The third-order valence-electron chi connectivity index (χ3n) is 4.47. The van der Waals surface area contributed by atoms with Crippen molar-refractivity contribution in [1.29, 1.82) is 0 Å². The smallest absolute Gasteiger partial charge is 0.191 e. The Labute approximate surface area is 158 Å². The molecular weight excluding hydrogens is 340 g/mol.